The first-order valence-corrected chi connectivity index (χ1v) is 6.41. The molecule has 0 radical (unpaired) electrons. The molecule has 4 heteroatoms. The zero-order valence-electron chi connectivity index (χ0n) is 9.32. The van der Waals surface area contributed by atoms with E-state index in [2.05, 4.69) is 32.3 Å². The highest BCUT2D eigenvalue weighted by atomic mass is 79.9. The third-order valence-corrected chi connectivity index (χ3v) is 3.20. The van der Waals surface area contributed by atoms with Gasteiger partial charge in [0, 0.05) is 21.9 Å². The van der Waals surface area contributed by atoms with Crippen molar-refractivity contribution in [3.8, 4) is 0 Å². The fourth-order valence-corrected chi connectivity index (χ4v) is 2.38. The molecule has 0 aliphatic rings. The van der Waals surface area contributed by atoms with Crippen molar-refractivity contribution in [3.05, 3.63) is 63.3 Å². The van der Waals surface area contributed by atoms with Gasteiger partial charge in [0.1, 0.15) is 0 Å². The van der Waals surface area contributed by atoms with Crippen molar-refractivity contribution in [2.24, 2.45) is 0 Å². The van der Waals surface area contributed by atoms with Crippen LogP contribution in [0.25, 0.3) is 0 Å². The van der Waals surface area contributed by atoms with E-state index in [-0.39, 0.29) is 6.04 Å². The fraction of sp³-hybridized carbons (Fsp3) is 0.154. The van der Waals surface area contributed by atoms with Gasteiger partial charge in [-0.1, -0.05) is 23.7 Å². The molecule has 0 aliphatic carbocycles. The number of nitrogens with one attached hydrogen (secondary N) is 1. The van der Waals surface area contributed by atoms with E-state index in [1.165, 1.54) is 0 Å². The summed E-state index contributed by atoms with van der Waals surface area (Å²) in [5, 5.41) is 4.01. The zero-order valence-corrected chi connectivity index (χ0v) is 11.7. The van der Waals surface area contributed by atoms with Crippen LogP contribution in [-0.2, 0) is 0 Å². The third-order valence-electron chi connectivity index (χ3n) is 2.53. The summed E-state index contributed by atoms with van der Waals surface area (Å²) < 4.78 is 0.970. The van der Waals surface area contributed by atoms with Crippen LogP contribution in [0, 0.1) is 0 Å². The molecule has 88 valence electrons. The maximum Gasteiger partial charge on any atom is 0.0590 e. The van der Waals surface area contributed by atoms with Gasteiger partial charge in [-0.15, -0.1) is 0 Å². The number of nitrogens with zero attached hydrogens (tertiary/aromatic N) is 1. The monoisotopic (exact) mass is 310 g/mol. The number of rotatable bonds is 3. The summed E-state index contributed by atoms with van der Waals surface area (Å²) in [6.07, 6.45) is 3.63. The van der Waals surface area contributed by atoms with Crippen LogP contribution in [-0.4, -0.2) is 12.0 Å². The smallest absolute Gasteiger partial charge is 0.0590 e. The van der Waals surface area contributed by atoms with Crippen molar-refractivity contribution in [2.45, 2.75) is 6.04 Å². The van der Waals surface area contributed by atoms with E-state index in [4.69, 9.17) is 11.6 Å². The van der Waals surface area contributed by atoms with Crippen molar-refractivity contribution in [2.75, 3.05) is 7.05 Å². The standard InChI is InChI=1S/C13H12BrClN2/c1-16-13(9-3-2-4-12(15)6-9)10-5-11(14)8-17-7-10/h2-8,13,16H,1H3. The van der Waals surface area contributed by atoms with E-state index in [1.54, 1.807) is 6.20 Å². The maximum atomic E-state index is 6.01. The van der Waals surface area contributed by atoms with Gasteiger partial charge in [-0.05, 0) is 52.3 Å². The van der Waals surface area contributed by atoms with Gasteiger partial charge in [0.2, 0.25) is 0 Å². The first-order valence-electron chi connectivity index (χ1n) is 5.24. The van der Waals surface area contributed by atoms with Gasteiger partial charge in [0.25, 0.3) is 0 Å². The lowest BCUT2D eigenvalue weighted by atomic mass is 10.0. The first-order chi connectivity index (χ1) is 8.20. The summed E-state index contributed by atoms with van der Waals surface area (Å²) in [7, 11) is 1.92. The van der Waals surface area contributed by atoms with Crippen LogP contribution < -0.4 is 5.32 Å². The minimum Gasteiger partial charge on any atom is -0.309 e. The van der Waals surface area contributed by atoms with Gasteiger partial charge in [-0.2, -0.15) is 0 Å². The predicted molar refractivity (Wildman–Crippen MR) is 74.3 cm³/mol. The largest absolute Gasteiger partial charge is 0.309 e. The Labute approximate surface area is 114 Å². The minimum atomic E-state index is 0.0960. The van der Waals surface area contributed by atoms with E-state index in [0.29, 0.717) is 0 Å². The molecule has 2 rings (SSSR count). The fourth-order valence-electron chi connectivity index (χ4n) is 1.80. The molecular formula is C13H12BrClN2. The van der Waals surface area contributed by atoms with Crippen molar-refractivity contribution < 1.29 is 0 Å². The Hall–Kier alpha value is -0.900. The number of halogens is 2. The van der Waals surface area contributed by atoms with Crippen LogP contribution in [0.2, 0.25) is 5.02 Å². The Bertz CT molecular complexity index is 471. The van der Waals surface area contributed by atoms with Gasteiger partial charge >= 0.3 is 0 Å². The molecule has 1 atom stereocenters. The molecule has 1 N–H and O–H groups in total. The number of hydrogen-bond acceptors (Lipinski definition) is 2. The summed E-state index contributed by atoms with van der Waals surface area (Å²) >= 11 is 9.44. The van der Waals surface area contributed by atoms with Crippen LogP contribution in [0.4, 0.5) is 0 Å². The van der Waals surface area contributed by atoms with Gasteiger partial charge < -0.3 is 5.32 Å². The van der Waals surface area contributed by atoms with Crippen molar-refractivity contribution in [1.29, 1.82) is 0 Å². The molecule has 17 heavy (non-hydrogen) atoms. The maximum absolute atomic E-state index is 6.01. The molecule has 0 saturated carbocycles. The van der Waals surface area contributed by atoms with Gasteiger partial charge in [-0.3, -0.25) is 4.98 Å². The van der Waals surface area contributed by atoms with Crippen LogP contribution in [0.3, 0.4) is 0 Å². The number of hydrogen-bond donors (Lipinski definition) is 1. The predicted octanol–water partition coefficient (Wildman–Crippen LogP) is 3.81. The van der Waals surface area contributed by atoms with E-state index in [9.17, 15) is 0 Å². The molecule has 0 fully saturated rings. The number of pyridine rings is 1. The molecule has 1 heterocycles. The second-order valence-electron chi connectivity index (χ2n) is 3.71. The molecule has 0 amide bonds. The second kappa shape index (κ2) is 5.63. The van der Waals surface area contributed by atoms with Gasteiger partial charge in [-0.25, -0.2) is 0 Å². The average Bonchev–Trinajstić information content (AvgIpc) is 2.30. The minimum absolute atomic E-state index is 0.0960. The summed E-state index contributed by atoms with van der Waals surface area (Å²) in [6, 6.07) is 9.98. The Balaban J connectivity index is 2.40. The molecular weight excluding hydrogens is 300 g/mol. The lowest BCUT2D eigenvalue weighted by Gasteiger charge is -2.17. The highest BCUT2D eigenvalue weighted by Gasteiger charge is 2.12. The highest BCUT2D eigenvalue weighted by molar-refractivity contribution is 9.10. The molecule has 1 aromatic heterocycles. The van der Waals surface area contributed by atoms with Crippen molar-refractivity contribution >= 4 is 27.5 Å². The van der Waals surface area contributed by atoms with Crippen LogP contribution in [0.15, 0.2) is 47.2 Å². The molecule has 0 saturated heterocycles. The normalized spacial score (nSPS) is 12.4. The number of benzene rings is 1. The zero-order chi connectivity index (χ0) is 12.3. The van der Waals surface area contributed by atoms with E-state index in [0.717, 1.165) is 20.6 Å². The molecule has 0 spiro atoms. The molecule has 2 nitrogen and oxygen atoms in total. The first kappa shape index (κ1) is 12.6. The lowest BCUT2D eigenvalue weighted by molar-refractivity contribution is 0.688. The molecule has 0 bridgehead atoms. The molecule has 0 aliphatic heterocycles. The molecule has 2 aromatic rings. The molecule has 1 aromatic carbocycles. The Kier molecular flexibility index (Phi) is 4.15. The second-order valence-corrected chi connectivity index (χ2v) is 5.07. The van der Waals surface area contributed by atoms with Crippen molar-refractivity contribution in [1.82, 2.24) is 10.3 Å². The Morgan fingerprint density at radius 3 is 2.71 bits per heavy atom. The van der Waals surface area contributed by atoms with Gasteiger partial charge in [0.05, 0.1) is 6.04 Å². The summed E-state index contributed by atoms with van der Waals surface area (Å²) in [5.41, 5.74) is 2.23. The highest BCUT2D eigenvalue weighted by Crippen LogP contribution is 2.25. The van der Waals surface area contributed by atoms with Crippen molar-refractivity contribution in [3.63, 3.8) is 0 Å². The average molecular weight is 312 g/mol. The third kappa shape index (κ3) is 3.06. The molecule has 1 unspecified atom stereocenters. The van der Waals surface area contributed by atoms with E-state index in [1.807, 2.05) is 37.5 Å². The quantitative estimate of drug-likeness (QED) is 0.932. The lowest BCUT2D eigenvalue weighted by Crippen LogP contribution is -2.17. The summed E-state index contributed by atoms with van der Waals surface area (Å²) in [4.78, 5) is 4.18. The summed E-state index contributed by atoms with van der Waals surface area (Å²) in [5.74, 6) is 0. The van der Waals surface area contributed by atoms with E-state index >= 15 is 0 Å². The summed E-state index contributed by atoms with van der Waals surface area (Å²) in [6.45, 7) is 0. The topological polar surface area (TPSA) is 24.9 Å². The van der Waals surface area contributed by atoms with Crippen LogP contribution in [0.1, 0.15) is 17.2 Å². The Morgan fingerprint density at radius 1 is 1.24 bits per heavy atom. The van der Waals surface area contributed by atoms with Crippen LogP contribution in [0.5, 0.6) is 0 Å². The van der Waals surface area contributed by atoms with E-state index < -0.39 is 0 Å². The van der Waals surface area contributed by atoms with Gasteiger partial charge in [0.15, 0.2) is 0 Å². The number of aromatic nitrogens is 1. The Morgan fingerprint density at radius 2 is 2.06 bits per heavy atom. The SMILES string of the molecule is CNC(c1cccc(Cl)c1)c1cncc(Br)c1. The van der Waals surface area contributed by atoms with Crippen LogP contribution >= 0.6 is 27.5 Å².